The van der Waals surface area contributed by atoms with Gasteiger partial charge in [-0.05, 0) is 43.7 Å². The molecule has 0 aliphatic heterocycles. The fraction of sp³-hybridized carbons (Fsp3) is 0.190. The summed E-state index contributed by atoms with van der Waals surface area (Å²) in [6.45, 7) is 3.95. The third-order valence-corrected chi connectivity index (χ3v) is 5.25. The van der Waals surface area contributed by atoms with E-state index in [4.69, 9.17) is 28.6 Å². The summed E-state index contributed by atoms with van der Waals surface area (Å²) >= 11 is 12.0. The second-order valence-corrected chi connectivity index (χ2v) is 7.26. The van der Waals surface area contributed by atoms with Crippen LogP contribution in [0.3, 0.4) is 0 Å². The molecule has 0 saturated heterocycles. The molecular formula is C21H21Cl2N5OPo. The Morgan fingerprint density at radius 2 is 1.90 bits per heavy atom. The van der Waals surface area contributed by atoms with Crippen molar-refractivity contribution in [1.29, 1.82) is 5.41 Å². The van der Waals surface area contributed by atoms with Crippen LogP contribution >= 0.6 is 23.2 Å². The van der Waals surface area contributed by atoms with E-state index in [2.05, 4.69) is 15.4 Å². The van der Waals surface area contributed by atoms with Crippen LogP contribution in [0.5, 0.6) is 0 Å². The maximum absolute atomic E-state index is 12.9. The Bertz CT molecular complexity index is 1090. The van der Waals surface area contributed by atoms with Crippen molar-refractivity contribution in [3.8, 4) is 5.69 Å². The van der Waals surface area contributed by atoms with Crippen molar-refractivity contribution in [2.45, 2.75) is 26.4 Å². The van der Waals surface area contributed by atoms with E-state index >= 15 is 0 Å². The summed E-state index contributed by atoms with van der Waals surface area (Å²) < 4.78 is 1.77. The van der Waals surface area contributed by atoms with E-state index in [1.165, 1.54) is 0 Å². The molecule has 3 rings (SSSR count). The van der Waals surface area contributed by atoms with Gasteiger partial charge in [0.1, 0.15) is 0 Å². The Hall–Kier alpha value is -2.02. The number of halogens is 2. The number of para-hydroxylation sites is 1. The van der Waals surface area contributed by atoms with Crippen LogP contribution in [0, 0.1) is 19.3 Å². The summed E-state index contributed by atoms with van der Waals surface area (Å²) in [6.07, 6.45) is 0. The van der Waals surface area contributed by atoms with E-state index in [0.717, 1.165) is 16.9 Å². The number of carbonyl (C=O) groups excluding carboxylic acids is 1. The van der Waals surface area contributed by atoms with Gasteiger partial charge < -0.3 is 5.32 Å². The molecule has 1 aromatic heterocycles. The van der Waals surface area contributed by atoms with Crippen molar-refractivity contribution < 1.29 is 4.79 Å². The monoisotopic (exact) mass is 638 g/mol. The van der Waals surface area contributed by atoms with Crippen LogP contribution < -0.4 is 5.32 Å². The molecule has 0 radical (unpaired) electrons. The summed E-state index contributed by atoms with van der Waals surface area (Å²) in [4.78, 5) is 16.9. The second kappa shape index (κ2) is 10.8. The molecule has 1 unspecified atom stereocenters. The number of hydrogen-bond donors (Lipinski definition) is 2. The van der Waals surface area contributed by atoms with Crippen LogP contribution in [0.2, 0.25) is 10.0 Å². The van der Waals surface area contributed by atoms with Crippen molar-refractivity contribution in [3.05, 3.63) is 81.1 Å². The number of nitrogens with zero attached hydrogens (tertiary/aromatic N) is 3. The predicted octanol–water partition coefficient (Wildman–Crippen LogP) is 3.99. The Morgan fingerprint density at radius 3 is 2.53 bits per heavy atom. The number of aryl methyl sites for hydroxylation is 1. The normalized spacial score (nSPS) is 11.2. The van der Waals surface area contributed by atoms with Gasteiger partial charge >= 0.3 is 26.6 Å². The van der Waals surface area contributed by atoms with Crippen LogP contribution in [0.1, 0.15) is 28.6 Å². The molecule has 156 valence electrons. The Labute approximate surface area is 204 Å². The molecule has 1 atom stereocenters. The van der Waals surface area contributed by atoms with Gasteiger partial charge in [-0.25, -0.2) is 15.1 Å². The summed E-state index contributed by atoms with van der Waals surface area (Å²) in [6, 6.07) is 15.9. The number of aliphatic imine (C=N–C) groups is 1. The van der Waals surface area contributed by atoms with E-state index in [0.29, 0.717) is 21.3 Å². The molecule has 9 heteroatoms. The van der Waals surface area contributed by atoms with Crippen LogP contribution in [0.15, 0.2) is 53.5 Å². The molecule has 0 fully saturated rings. The van der Waals surface area contributed by atoms with Gasteiger partial charge in [0.15, 0.2) is 6.04 Å². The second-order valence-electron chi connectivity index (χ2n) is 6.44. The fourth-order valence-electron chi connectivity index (χ4n) is 3.13. The number of rotatable bonds is 6. The minimum absolute atomic E-state index is 0. The van der Waals surface area contributed by atoms with Crippen LogP contribution in [-0.4, -0.2) is 48.3 Å². The van der Waals surface area contributed by atoms with Gasteiger partial charge in [0.25, 0.3) is 5.91 Å². The van der Waals surface area contributed by atoms with E-state index < -0.39 is 6.04 Å². The number of amides is 1. The van der Waals surface area contributed by atoms with E-state index in [1.807, 2.05) is 50.2 Å². The summed E-state index contributed by atoms with van der Waals surface area (Å²) in [5, 5.41) is 15.5. The fourth-order valence-corrected chi connectivity index (χ4v) is 3.45. The zero-order chi connectivity index (χ0) is 21.0. The average Bonchev–Trinajstić information content (AvgIpc) is 3.01. The number of hydrogen-bond acceptors (Lipinski definition) is 4. The topological polar surface area (TPSA) is 83.1 Å². The first-order valence-electron chi connectivity index (χ1n) is 8.87. The SMILES string of the molecule is Cc1nn(-c2ccccc2)c(C)c1C(N=C=N)C(=O)NCc1ccc(Cl)c(Cl)c1.[PoH2]. The van der Waals surface area contributed by atoms with E-state index in [-0.39, 0.29) is 39.0 Å². The van der Waals surface area contributed by atoms with E-state index in [9.17, 15) is 4.79 Å². The average molecular weight is 639 g/mol. The van der Waals surface area contributed by atoms with Gasteiger partial charge in [-0.1, -0.05) is 47.5 Å². The molecule has 2 aromatic carbocycles. The molecule has 0 spiro atoms. The standard InChI is InChI=1S/C21H19Cl2N5O.Po.2H/c1-13-19(14(2)28(27-13)16-6-4-3-5-7-16)20(26-12-24)21(29)25-11-15-8-9-17(22)18(23)10-15;;;/h3-10,20,24H,11H2,1-2H3,(H,25,29);;;. The van der Waals surface area contributed by atoms with Gasteiger partial charge in [-0.15, -0.1) is 0 Å². The quantitative estimate of drug-likeness (QED) is 0.401. The molecule has 1 amide bonds. The van der Waals surface area contributed by atoms with Crippen molar-refractivity contribution in [2.24, 2.45) is 4.99 Å². The number of carbonyl (C=O) groups is 1. The maximum atomic E-state index is 12.9. The zero-order valence-corrected chi connectivity index (χ0v) is 21.8. The number of nitrogens with one attached hydrogen (secondary N) is 2. The van der Waals surface area contributed by atoms with Crippen molar-refractivity contribution in [1.82, 2.24) is 15.1 Å². The molecule has 0 saturated carbocycles. The van der Waals surface area contributed by atoms with Gasteiger partial charge in [-0.3, -0.25) is 4.79 Å². The molecular weight excluding hydrogens is 618 g/mol. The minimum atomic E-state index is -0.923. The first-order valence-corrected chi connectivity index (χ1v) is 9.62. The Kier molecular flexibility index (Phi) is 8.76. The molecule has 3 aromatic rings. The molecule has 2 N–H and O–H groups in total. The van der Waals surface area contributed by atoms with Crippen molar-refractivity contribution in [2.75, 3.05) is 0 Å². The predicted molar refractivity (Wildman–Crippen MR) is 123 cm³/mol. The third kappa shape index (κ3) is 5.36. The van der Waals surface area contributed by atoms with E-state index in [1.54, 1.807) is 22.9 Å². The third-order valence-electron chi connectivity index (χ3n) is 4.51. The van der Waals surface area contributed by atoms with Gasteiger partial charge in [-0.2, -0.15) is 5.10 Å². The Morgan fingerprint density at radius 1 is 1.20 bits per heavy atom. The van der Waals surface area contributed by atoms with Gasteiger partial charge in [0.05, 0.1) is 27.4 Å². The molecule has 0 aliphatic rings. The number of benzene rings is 2. The molecule has 0 aliphatic carbocycles. The first-order chi connectivity index (χ1) is 13.9. The zero-order valence-electron chi connectivity index (χ0n) is 16.4. The van der Waals surface area contributed by atoms with Crippen LogP contribution in [0.25, 0.3) is 5.69 Å². The van der Waals surface area contributed by atoms with Gasteiger partial charge in [0, 0.05) is 17.8 Å². The van der Waals surface area contributed by atoms with Crippen molar-refractivity contribution >= 4 is 61.7 Å². The molecule has 30 heavy (non-hydrogen) atoms. The number of aromatic nitrogens is 2. The first kappa shape index (κ1) is 24.2. The summed E-state index contributed by atoms with van der Waals surface area (Å²) in [5.74, 6) is -0.352. The Balaban J connectivity index is 0.00000320. The van der Waals surface area contributed by atoms with Crippen molar-refractivity contribution in [3.63, 3.8) is 0 Å². The van der Waals surface area contributed by atoms with Gasteiger partial charge in [0.2, 0.25) is 0 Å². The van der Waals surface area contributed by atoms with Crippen LogP contribution in [-0.2, 0) is 11.3 Å². The molecule has 6 nitrogen and oxygen atoms in total. The molecule has 0 bridgehead atoms. The summed E-state index contributed by atoms with van der Waals surface area (Å²) in [5.41, 5.74) is 3.79. The molecule has 1 heterocycles. The van der Waals surface area contributed by atoms with Crippen LogP contribution in [0.4, 0.5) is 0 Å². The summed E-state index contributed by atoms with van der Waals surface area (Å²) in [7, 11) is 0.